The van der Waals surface area contributed by atoms with Gasteiger partial charge in [0.2, 0.25) is 0 Å². The molecular formula is C24H19FN2O2. The first-order valence-corrected chi connectivity index (χ1v) is 9.24. The summed E-state index contributed by atoms with van der Waals surface area (Å²) in [6.45, 7) is 3.92. The van der Waals surface area contributed by atoms with Crippen molar-refractivity contribution in [3.63, 3.8) is 0 Å². The van der Waals surface area contributed by atoms with Gasteiger partial charge in [-0.05, 0) is 55.3 Å². The lowest BCUT2D eigenvalue weighted by atomic mass is 10.0. The van der Waals surface area contributed by atoms with Crippen LogP contribution in [0.3, 0.4) is 0 Å². The molecule has 144 valence electrons. The fourth-order valence-electron chi connectivity index (χ4n) is 3.43. The topological polar surface area (TPSA) is 49.4 Å². The molecule has 1 aliphatic heterocycles. The lowest BCUT2D eigenvalue weighted by Gasteiger charge is -2.15. The van der Waals surface area contributed by atoms with Gasteiger partial charge in [-0.1, -0.05) is 48.0 Å². The number of halogens is 1. The van der Waals surface area contributed by atoms with E-state index >= 15 is 0 Å². The molecule has 0 aromatic heterocycles. The Morgan fingerprint density at radius 2 is 1.52 bits per heavy atom. The van der Waals surface area contributed by atoms with E-state index in [1.807, 2.05) is 38.1 Å². The van der Waals surface area contributed by atoms with Crippen molar-refractivity contribution in [3.05, 3.63) is 101 Å². The Balaban J connectivity index is 1.84. The highest BCUT2D eigenvalue weighted by molar-refractivity contribution is 6.46. The van der Waals surface area contributed by atoms with Gasteiger partial charge < -0.3 is 5.32 Å². The first kappa shape index (κ1) is 18.6. The zero-order chi connectivity index (χ0) is 20.5. The first-order chi connectivity index (χ1) is 14.0. The van der Waals surface area contributed by atoms with E-state index in [1.165, 1.54) is 24.3 Å². The number of nitrogens with zero attached hydrogens (tertiary/aromatic N) is 1. The van der Waals surface area contributed by atoms with Gasteiger partial charge in [-0.2, -0.15) is 0 Å². The molecule has 0 saturated carbocycles. The van der Waals surface area contributed by atoms with Gasteiger partial charge in [0.1, 0.15) is 11.5 Å². The second-order valence-electron chi connectivity index (χ2n) is 6.98. The van der Waals surface area contributed by atoms with Crippen molar-refractivity contribution in [1.82, 2.24) is 0 Å². The second kappa shape index (κ2) is 7.36. The average Bonchev–Trinajstić information content (AvgIpc) is 2.95. The predicted molar refractivity (Wildman–Crippen MR) is 112 cm³/mol. The summed E-state index contributed by atoms with van der Waals surface area (Å²) < 4.78 is 13.4. The number of hydrogen-bond donors (Lipinski definition) is 1. The van der Waals surface area contributed by atoms with Gasteiger partial charge in [0, 0.05) is 5.69 Å². The maximum absolute atomic E-state index is 13.4. The van der Waals surface area contributed by atoms with Crippen LogP contribution in [0.15, 0.2) is 78.5 Å². The molecule has 0 radical (unpaired) electrons. The van der Waals surface area contributed by atoms with E-state index in [1.54, 1.807) is 24.3 Å². The number of hydrogen-bond acceptors (Lipinski definition) is 3. The average molecular weight is 386 g/mol. The number of benzene rings is 3. The smallest absolute Gasteiger partial charge is 0.282 e. The fourth-order valence-corrected chi connectivity index (χ4v) is 3.43. The SMILES string of the molecule is Cc1ccc(NC2=C(c3ccc(F)cc3)C(=O)N(c3ccccc3)C2=O)c(C)c1. The summed E-state index contributed by atoms with van der Waals surface area (Å²) in [6, 6.07) is 20.1. The molecule has 1 N–H and O–H groups in total. The summed E-state index contributed by atoms with van der Waals surface area (Å²) in [4.78, 5) is 27.7. The molecule has 0 unspecified atom stereocenters. The number of rotatable bonds is 4. The molecule has 1 aliphatic rings. The Kier molecular flexibility index (Phi) is 4.72. The normalized spacial score (nSPS) is 14.0. The Hall–Kier alpha value is -3.73. The van der Waals surface area contributed by atoms with Crippen LogP contribution in [0.2, 0.25) is 0 Å². The second-order valence-corrected chi connectivity index (χ2v) is 6.98. The zero-order valence-electron chi connectivity index (χ0n) is 16.1. The van der Waals surface area contributed by atoms with Crippen molar-refractivity contribution in [3.8, 4) is 0 Å². The van der Waals surface area contributed by atoms with Crippen molar-refractivity contribution in [1.29, 1.82) is 0 Å². The molecule has 3 aromatic carbocycles. The quantitative estimate of drug-likeness (QED) is 0.653. The third-order valence-electron chi connectivity index (χ3n) is 4.87. The highest BCUT2D eigenvalue weighted by Crippen LogP contribution is 2.34. The standard InChI is InChI=1S/C24H19FN2O2/c1-15-8-13-20(16(2)14-15)26-22-21(17-9-11-18(25)12-10-17)23(28)27(24(22)29)19-6-4-3-5-7-19/h3-14,26H,1-2H3. The van der Waals surface area contributed by atoms with E-state index in [2.05, 4.69) is 5.32 Å². The van der Waals surface area contributed by atoms with Crippen LogP contribution in [-0.4, -0.2) is 11.8 Å². The molecule has 0 aliphatic carbocycles. The Bertz CT molecular complexity index is 1140. The molecule has 0 spiro atoms. The maximum atomic E-state index is 13.4. The molecule has 3 aromatic rings. The summed E-state index contributed by atoms with van der Waals surface area (Å²) >= 11 is 0. The largest absolute Gasteiger partial charge is 0.350 e. The van der Waals surface area contributed by atoms with Gasteiger partial charge in [-0.3, -0.25) is 9.59 Å². The molecule has 0 bridgehead atoms. The minimum absolute atomic E-state index is 0.178. The Morgan fingerprint density at radius 3 is 2.17 bits per heavy atom. The molecule has 29 heavy (non-hydrogen) atoms. The van der Waals surface area contributed by atoms with Gasteiger partial charge >= 0.3 is 0 Å². The van der Waals surface area contributed by atoms with Crippen molar-refractivity contribution < 1.29 is 14.0 Å². The number of anilines is 2. The van der Waals surface area contributed by atoms with Crippen LogP contribution in [0.1, 0.15) is 16.7 Å². The molecule has 4 nitrogen and oxygen atoms in total. The first-order valence-electron chi connectivity index (χ1n) is 9.24. The van der Waals surface area contributed by atoms with Crippen LogP contribution in [0.4, 0.5) is 15.8 Å². The minimum Gasteiger partial charge on any atom is -0.350 e. The lowest BCUT2D eigenvalue weighted by Crippen LogP contribution is -2.32. The van der Waals surface area contributed by atoms with E-state index in [-0.39, 0.29) is 11.3 Å². The van der Waals surface area contributed by atoms with Crippen molar-refractivity contribution >= 4 is 28.8 Å². The Labute approximate surface area is 168 Å². The minimum atomic E-state index is -0.444. The Morgan fingerprint density at radius 1 is 0.828 bits per heavy atom. The molecule has 0 saturated heterocycles. The summed E-state index contributed by atoms with van der Waals surface area (Å²) in [5.74, 6) is -1.30. The number of carbonyl (C=O) groups is 2. The van der Waals surface area contributed by atoms with Crippen LogP contribution in [0, 0.1) is 19.7 Å². The lowest BCUT2D eigenvalue weighted by molar-refractivity contribution is -0.120. The molecule has 4 rings (SSSR count). The van der Waals surface area contributed by atoms with Crippen LogP contribution in [0.25, 0.3) is 5.57 Å². The number of nitrogens with one attached hydrogen (secondary N) is 1. The van der Waals surface area contributed by atoms with E-state index in [4.69, 9.17) is 0 Å². The number of para-hydroxylation sites is 1. The molecule has 5 heteroatoms. The monoisotopic (exact) mass is 386 g/mol. The predicted octanol–water partition coefficient (Wildman–Crippen LogP) is 4.84. The molecule has 2 amide bonds. The van der Waals surface area contributed by atoms with E-state index < -0.39 is 17.6 Å². The zero-order valence-corrected chi connectivity index (χ0v) is 16.1. The van der Waals surface area contributed by atoms with Gasteiger partial charge in [0.25, 0.3) is 11.8 Å². The number of imide groups is 1. The van der Waals surface area contributed by atoms with Crippen LogP contribution in [-0.2, 0) is 9.59 Å². The van der Waals surface area contributed by atoms with Gasteiger partial charge in [0.05, 0.1) is 11.3 Å². The van der Waals surface area contributed by atoms with Crippen LogP contribution < -0.4 is 10.2 Å². The molecule has 0 fully saturated rings. The van der Waals surface area contributed by atoms with E-state index in [0.29, 0.717) is 11.3 Å². The highest BCUT2D eigenvalue weighted by Gasteiger charge is 2.40. The summed E-state index contributed by atoms with van der Waals surface area (Å²) in [7, 11) is 0. The van der Waals surface area contributed by atoms with Gasteiger partial charge in [-0.15, -0.1) is 0 Å². The summed E-state index contributed by atoms with van der Waals surface area (Å²) in [5, 5.41) is 3.15. The van der Waals surface area contributed by atoms with E-state index in [0.717, 1.165) is 21.7 Å². The van der Waals surface area contributed by atoms with Crippen LogP contribution >= 0.6 is 0 Å². The van der Waals surface area contributed by atoms with Gasteiger partial charge in [-0.25, -0.2) is 9.29 Å². The third kappa shape index (κ3) is 3.43. The number of amides is 2. The van der Waals surface area contributed by atoms with Gasteiger partial charge in [0.15, 0.2) is 0 Å². The molecule has 1 heterocycles. The molecular weight excluding hydrogens is 367 g/mol. The summed E-state index contributed by atoms with van der Waals surface area (Å²) in [5.41, 5.74) is 4.15. The fraction of sp³-hybridized carbons (Fsp3) is 0.0833. The van der Waals surface area contributed by atoms with Crippen molar-refractivity contribution in [2.24, 2.45) is 0 Å². The van der Waals surface area contributed by atoms with E-state index in [9.17, 15) is 14.0 Å². The number of carbonyl (C=O) groups excluding carboxylic acids is 2. The highest BCUT2D eigenvalue weighted by atomic mass is 19.1. The number of aryl methyl sites for hydroxylation is 2. The van der Waals surface area contributed by atoms with Crippen LogP contribution in [0.5, 0.6) is 0 Å². The van der Waals surface area contributed by atoms with Crippen molar-refractivity contribution in [2.75, 3.05) is 10.2 Å². The van der Waals surface area contributed by atoms with Crippen molar-refractivity contribution in [2.45, 2.75) is 13.8 Å². The third-order valence-corrected chi connectivity index (χ3v) is 4.87. The molecule has 0 atom stereocenters. The maximum Gasteiger partial charge on any atom is 0.282 e. The summed E-state index contributed by atoms with van der Waals surface area (Å²) in [6.07, 6.45) is 0.